The molecule has 0 amide bonds. The van der Waals surface area contributed by atoms with Gasteiger partial charge >= 0.3 is 0 Å². The van der Waals surface area contributed by atoms with Crippen LogP contribution in [0.1, 0.15) is 12.6 Å². The lowest BCUT2D eigenvalue weighted by molar-refractivity contribution is 0.439. The molecular formula is C20H17ClF2N2O4S. The van der Waals surface area contributed by atoms with Gasteiger partial charge in [0.2, 0.25) is 10.0 Å². The van der Waals surface area contributed by atoms with Gasteiger partial charge in [-0.3, -0.25) is 9.52 Å². The van der Waals surface area contributed by atoms with E-state index in [0.29, 0.717) is 22.9 Å². The molecule has 1 aromatic heterocycles. The molecule has 0 unspecified atom stereocenters. The molecule has 10 heteroatoms. The van der Waals surface area contributed by atoms with E-state index < -0.39 is 27.2 Å². The summed E-state index contributed by atoms with van der Waals surface area (Å²) in [6.45, 7) is 3.11. The number of rotatable bonds is 6. The molecule has 3 aromatic rings. The quantitative estimate of drug-likeness (QED) is 0.558. The summed E-state index contributed by atoms with van der Waals surface area (Å²) in [6, 6.07) is 8.61. The van der Waals surface area contributed by atoms with Gasteiger partial charge in [0.05, 0.1) is 5.75 Å². The van der Waals surface area contributed by atoms with Gasteiger partial charge in [-0.05, 0) is 50.2 Å². The van der Waals surface area contributed by atoms with Crippen molar-refractivity contribution in [2.75, 3.05) is 10.5 Å². The number of aromatic amines is 1. The first-order valence-electron chi connectivity index (χ1n) is 8.77. The maximum absolute atomic E-state index is 14.1. The zero-order chi connectivity index (χ0) is 22.1. The molecule has 0 radical (unpaired) electrons. The highest BCUT2D eigenvalue weighted by Gasteiger charge is 2.17. The van der Waals surface area contributed by atoms with E-state index >= 15 is 0 Å². The largest absolute Gasteiger partial charge is 0.454 e. The fraction of sp³-hybridized carbons (Fsp3) is 0.150. The summed E-state index contributed by atoms with van der Waals surface area (Å²) in [5.41, 5.74) is 0.956. The molecule has 0 atom stereocenters. The third-order valence-electron chi connectivity index (χ3n) is 4.23. The number of nitrogens with one attached hydrogen (secondary N) is 2. The summed E-state index contributed by atoms with van der Waals surface area (Å²) in [5, 5.41) is -0.0888. The van der Waals surface area contributed by atoms with Crippen molar-refractivity contribution >= 4 is 27.3 Å². The van der Waals surface area contributed by atoms with Crippen molar-refractivity contribution in [2.45, 2.75) is 13.8 Å². The smallest absolute Gasteiger partial charge is 0.266 e. The molecule has 6 nitrogen and oxygen atoms in total. The Labute approximate surface area is 176 Å². The van der Waals surface area contributed by atoms with Crippen LogP contribution in [0.5, 0.6) is 11.5 Å². The average molecular weight is 455 g/mol. The Hall–Kier alpha value is -2.91. The topological polar surface area (TPSA) is 88.3 Å². The molecule has 1 heterocycles. The van der Waals surface area contributed by atoms with Crippen LogP contribution in [-0.2, 0) is 10.0 Å². The van der Waals surface area contributed by atoms with Crippen LogP contribution in [0, 0.1) is 18.6 Å². The SMILES string of the molecule is CCS(=O)(=O)Nc1ccc(Oc2ccc(F)cc2F)c(-c2cc(Cl)c(=O)[nH]c2C)c1. The molecule has 0 bridgehead atoms. The van der Waals surface area contributed by atoms with Gasteiger partial charge in [-0.2, -0.15) is 0 Å². The van der Waals surface area contributed by atoms with Crippen LogP contribution >= 0.6 is 11.6 Å². The molecule has 2 N–H and O–H groups in total. The Morgan fingerprint density at radius 3 is 2.43 bits per heavy atom. The van der Waals surface area contributed by atoms with Gasteiger partial charge in [0.1, 0.15) is 16.6 Å². The van der Waals surface area contributed by atoms with E-state index in [1.165, 1.54) is 31.2 Å². The third-order valence-corrected chi connectivity index (χ3v) is 5.82. The molecule has 0 aliphatic carbocycles. The van der Waals surface area contributed by atoms with Crippen LogP contribution in [-0.4, -0.2) is 19.2 Å². The van der Waals surface area contributed by atoms with Crippen LogP contribution in [0.3, 0.4) is 0 Å². The number of hydrogen-bond donors (Lipinski definition) is 2. The summed E-state index contributed by atoms with van der Waals surface area (Å²) in [5.74, 6) is -1.88. The average Bonchev–Trinajstić information content (AvgIpc) is 2.68. The minimum Gasteiger partial charge on any atom is -0.454 e. The van der Waals surface area contributed by atoms with E-state index in [1.54, 1.807) is 6.92 Å². The van der Waals surface area contributed by atoms with E-state index in [1.807, 2.05) is 0 Å². The molecule has 30 heavy (non-hydrogen) atoms. The van der Waals surface area contributed by atoms with E-state index in [-0.39, 0.29) is 28.0 Å². The second kappa shape index (κ2) is 8.45. The molecular weight excluding hydrogens is 438 g/mol. The van der Waals surface area contributed by atoms with Crippen molar-refractivity contribution in [3.8, 4) is 22.6 Å². The maximum atomic E-state index is 14.1. The van der Waals surface area contributed by atoms with Crippen molar-refractivity contribution in [3.63, 3.8) is 0 Å². The van der Waals surface area contributed by atoms with E-state index in [4.69, 9.17) is 16.3 Å². The van der Waals surface area contributed by atoms with E-state index in [9.17, 15) is 22.0 Å². The Balaban J connectivity index is 2.16. The van der Waals surface area contributed by atoms with E-state index in [0.717, 1.165) is 12.1 Å². The van der Waals surface area contributed by atoms with Crippen LogP contribution in [0.15, 0.2) is 47.3 Å². The number of hydrogen-bond acceptors (Lipinski definition) is 4. The van der Waals surface area contributed by atoms with Crippen molar-refractivity contribution in [1.82, 2.24) is 4.98 Å². The number of ether oxygens (including phenoxy) is 1. The molecule has 0 aliphatic rings. The first kappa shape index (κ1) is 21.8. The normalized spacial score (nSPS) is 11.4. The van der Waals surface area contributed by atoms with Crippen LogP contribution in [0.4, 0.5) is 14.5 Å². The zero-order valence-corrected chi connectivity index (χ0v) is 17.5. The molecule has 0 saturated heterocycles. The second-order valence-corrected chi connectivity index (χ2v) is 8.80. The number of aryl methyl sites for hydroxylation is 1. The van der Waals surface area contributed by atoms with Crippen molar-refractivity contribution < 1.29 is 21.9 Å². The number of aromatic nitrogens is 1. The highest BCUT2D eigenvalue weighted by molar-refractivity contribution is 7.92. The van der Waals surface area contributed by atoms with Crippen molar-refractivity contribution in [2.24, 2.45) is 0 Å². The molecule has 2 aromatic carbocycles. The Kier molecular flexibility index (Phi) is 6.14. The van der Waals surface area contributed by atoms with Gasteiger partial charge in [0.15, 0.2) is 11.6 Å². The summed E-state index contributed by atoms with van der Waals surface area (Å²) in [7, 11) is -3.56. The predicted octanol–water partition coefficient (Wildman–Crippen LogP) is 4.84. The van der Waals surface area contributed by atoms with Crippen molar-refractivity contribution in [3.05, 3.63) is 75.2 Å². The highest BCUT2D eigenvalue weighted by atomic mass is 35.5. The molecule has 0 fully saturated rings. The molecule has 3 rings (SSSR count). The Morgan fingerprint density at radius 2 is 1.77 bits per heavy atom. The first-order chi connectivity index (χ1) is 14.1. The van der Waals surface area contributed by atoms with Gasteiger partial charge in [-0.1, -0.05) is 11.6 Å². The second-order valence-electron chi connectivity index (χ2n) is 6.38. The Morgan fingerprint density at radius 1 is 1.07 bits per heavy atom. The molecule has 0 spiro atoms. The standard InChI is InChI=1S/C20H17ClF2N2O4S/c1-3-30(27,28)25-13-5-7-18(29-19-6-4-12(22)8-17(19)23)15(9-13)14-10-16(21)20(26)24-11(14)2/h4-10,25H,3H2,1-2H3,(H,24,26). The highest BCUT2D eigenvalue weighted by Crippen LogP contribution is 2.38. The van der Waals surface area contributed by atoms with E-state index in [2.05, 4.69) is 9.71 Å². The number of pyridine rings is 1. The minimum absolute atomic E-state index is 0.0888. The Bertz CT molecular complexity index is 1280. The summed E-state index contributed by atoms with van der Waals surface area (Å²) >= 11 is 5.96. The van der Waals surface area contributed by atoms with Gasteiger partial charge in [-0.25, -0.2) is 17.2 Å². The van der Waals surface area contributed by atoms with Crippen LogP contribution in [0.25, 0.3) is 11.1 Å². The number of sulfonamides is 1. The monoisotopic (exact) mass is 454 g/mol. The number of anilines is 1. The predicted molar refractivity (Wildman–Crippen MR) is 112 cm³/mol. The summed E-state index contributed by atoms with van der Waals surface area (Å²) in [4.78, 5) is 14.4. The van der Waals surface area contributed by atoms with Gasteiger partial charge in [0.25, 0.3) is 5.56 Å². The number of H-pyrrole nitrogens is 1. The van der Waals surface area contributed by atoms with Crippen LogP contribution < -0.4 is 15.0 Å². The van der Waals surface area contributed by atoms with Gasteiger partial charge in [0, 0.05) is 28.6 Å². The molecule has 0 saturated carbocycles. The fourth-order valence-electron chi connectivity index (χ4n) is 2.70. The van der Waals surface area contributed by atoms with Gasteiger partial charge < -0.3 is 9.72 Å². The molecule has 158 valence electrons. The molecule has 0 aliphatic heterocycles. The number of benzene rings is 2. The third kappa shape index (κ3) is 4.80. The zero-order valence-electron chi connectivity index (χ0n) is 15.9. The maximum Gasteiger partial charge on any atom is 0.266 e. The lowest BCUT2D eigenvalue weighted by Crippen LogP contribution is -2.14. The summed E-state index contributed by atoms with van der Waals surface area (Å²) in [6.07, 6.45) is 0. The van der Waals surface area contributed by atoms with Crippen LogP contribution in [0.2, 0.25) is 5.02 Å². The first-order valence-corrected chi connectivity index (χ1v) is 10.8. The van der Waals surface area contributed by atoms with Gasteiger partial charge in [-0.15, -0.1) is 0 Å². The lowest BCUT2D eigenvalue weighted by atomic mass is 10.0. The fourth-order valence-corrected chi connectivity index (χ4v) is 3.49. The van der Waals surface area contributed by atoms with Crippen molar-refractivity contribution in [1.29, 1.82) is 0 Å². The lowest BCUT2D eigenvalue weighted by Gasteiger charge is -2.16. The number of halogens is 3. The minimum atomic E-state index is -3.56. The summed E-state index contributed by atoms with van der Waals surface area (Å²) < 4.78 is 59.2.